The largest absolute Gasteiger partial charge is 0.494 e. The molecule has 2 aromatic rings. The van der Waals surface area contributed by atoms with E-state index in [-0.39, 0.29) is 16.8 Å². The molecule has 7 heteroatoms. The van der Waals surface area contributed by atoms with Crippen LogP contribution in [0, 0.1) is 0 Å². The fourth-order valence-electron chi connectivity index (χ4n) is 1.91. The number of carboxylic acid groups (broad SMARTS) is 2. The normalized spacial score (nSPS) is 10.3. The molecule has 0 aliphatic heterocycles. The van der Waals surface area contributed by atoms with Crippen molar-refractivity contribution in [2.24, 2.45) is 0 Å². The van der Waals surface area contributed by atoms with Crippen molar-refractivity contribution in [3.05, 3.63) is 47.5 Å². The number of rotatable bonds is 6. The Bertz CT molecular complexity index is 760. The molecule has 0 aromatic heterocycles. The van der Waals surface area contributed by atoms with Gasteiger partial charge in [-0.2, -0.15) is 0 Å². The standard InChI is InChI=1S/C16H15NO5S/c1-2-22-10-4-5-11(16(20)21)14(8-10)23-13-6-3-9(15(18)19)7-12(13)17/h3-8H,2,17H2,1H3,(H,18,19)(H,20,21). The van der Waals surface area contributed by atoms with Crippen molar-refractivity contribution in [3.8, 4) is 5.75 Å². The van der Waals surface area contributed by atoms with Crippen molar-refractivity contribution >= 4 is 29.4 Å². The van der Waals surface area contributed by atoms with Crippen LogP contribution in [0.1, 0.15) is 27.6 Å². The molecule has 2 aromatic carbocycles. The van der Waals surface area contributed by atoms with Gasteiger partial charge in [-0.15, -0.1) is 0 Å². The topological polar surface area (TPSA) is 110 Å². The number of benzene rings is 2. The van der Waals surface area contributed by atoms with Gasteiger partial charge in [0.25, 0.3) is 0 Å². The Kier molecular flexibility index (Phi) is 5.13. The van der Waals surface area contributed by atoms with Crippen LogP contribution >= 0.6 is 11.8 Å². The van der Waals surface area contributed by atoms with Crippen molar-refractivity contribution < 1.29 is 24.5 Å². The summed E-state index contributed by atoms with van der Waals surface area (Å²) in [6.45, 7) is 2.30. The molecule has 0 bridgehead atoms. The lowest BCUT2D eigenvalue weighted by Gasteiger charge is -2.11. The first-order valence-corrected chi connectivity index (χ1v) is 7.54. The van der Waals surface area contributed by atoms with Crippen LogP contribution in [0.25, 0.3) is 0 Å². The quantitative estimate of drug-likeness (QED) is 0.696. The number of carbonyl (C=O) groups is 2. The number of nitrogen functional groups attached to an aromatic ring is 1. The average molecular weight is 333 g/mol. The Morgan fingerprint density at radius 2 is 1.83 bits per heavy atom. The van der Waals surface area contributed by atoms with E-state index in [2.05, 4.69) is 0 Å². The summed E-state index contributed by atoms with van der Waals surface area (Å²) < 4.78 is 5.38. The lowest BCUT2D eigenvalue weighted by Crippen LogP contribution is -2.01. The average Bonchev–Trinajstić information content (AvgIpc) is 2.49. The van der Waals surface area contributed by atoms with Crippen LogP contribution in [0.15, 0.2) is 46.2 Å². The maximum absolute atomic E-state index is 11.3. The molecule has 0 heterocycles. The minimum absolute atomic E-state index is 0.0772. The van der Waals surface area contributed by atoms with Gasteiger partial charge in [0.1, 0.15) is 5.75 Å². The Morgan fingerprint density at radius 3 is 2.39 bits per heavy atom. The van der Waals surface area contributed by atoms with Gasteiger partial charge in [0, 0.05) is 15.5 Å². The summed E-state index contributed by atoms with van der Waals surface area (Å²) in [5.74, 6) is -1.57. The van der Waals surface area contributed by atoms with E-state index >= 15 is 0 Å². The third-order valence-electron chi connectivity index (χ3n) is 2.97. The van der Waals surface area contributed by atoms with Crippen molar-refractivity contribution in [2.45, 2.75) is 16.7 Å². The molecule has 4 N–H and O–H groups in total. The van der Waals surface area contributed by atoms with E-state index in [0.29, 0.717) is 22.1 Å². The second-order valence-electron chi connectivity index (χ2n) is 4.56. The molecule has 0 aliphatic rings. The van der Waals surface area contributed by atoms with E-state index < -0.39 is 11.9 Å². The lowest BCUT2D eigenvalue weighted by molar-refractivity contribution is 0.0684. The zero-order chi connectivity index (χ0) is 17.0. The van der Waals surface area contributed by atoms with Gasteiger partial charge in [-0.05, 0) is 43.3 Å². The Balaban J connectivity index is 2.40. The van der Waals surface area contributed by atoms with Crippen molar-refractivity contribution in [3.63, 3.8) is 0 Å². The Morgan fingerprint density at radius 1 is 1.09 bits per heavy atom. The van der Waals surface area contributed by atoms with E-state index in [1.807, 2.05) is 6.92 Å². The van der Waals surface area contributed by atoms with Crippen molar-refractivity contribution in [2.75, 3.05) is 12.3 Å². The number of nitrogens with two attached hydrogens (primary N) is 1. The van der Waals surface area contributed by atoms with E-state index in [0.717, 1.165) is 11.8 Å². The first kappa shape index (κ1) is 16.7. The number of hydrogen-bond donors (Lipinski definition) is 3. The van der Waals surface area contributed by atoms with Crippen LogP contribution in [-0.2, 0) is 0 Å². The highest BCUT2D eigenvalue weighted by Gasteiger charge is 2.15. The fraction of sp³-hybridized carbons (Fsp3) is 0.125. The molecule has 23 heavy (non-hydrogen) atoms. The van der Waals surface area contributed by atoms with E-state index in [4.69, 9.17) is 15.6 Å². The minimum Gasteiger partial charge on any atom is -0.494 e. The van der Waals surface area contributed by atoms with Crippen LogP contribution in [0.3, 0.4) is 0 Å². The highest BCUT2D eigenvalue weighted by Crippen LogP contribution is 2.36. The first-order valence-electron chi connectivity index (χ1n) is 6.73. The summed E-state index contributed by atoms with van der Waals surface area (Å²) in [5.41, 5.74) is 6.34. The van der Waals surface area contributed by atoms with Gasteiger partial charge in [0.15, 0.2) is 0 Å². The minimum atomic E-state index is -1.07. The summed E-state index contributed by atoms with van der Waals surface area (Å²) in [7, 11) is 0. The summed E-state index contributed by atoms with van der Waals surface area (Å²) in [6, 6.07) is 9.02. The molecule has 0 radical (unpaired) electrons. The third kappa shape index (κ3) is 3.95. The van der Waals surface area contributed by atoms with E-state index in [1.165, 1.54) is 18.2 Å². The highest BCUT2D eigenvalue weighted by molar-refractivity contribution is 7.99. The second-order valence-corrected chi connectivity index (χ2v) is 5.64. The number of anilines is 1. The van der Waals surface area contributed by atoms with Gasteiger partial charge >= 0.3 is 11.9 Å². The third-order valence-corrected chi connectivity index (χ3v) is 4.12. The summed E-state index contributed by atoms with van der Waals surface area (Å²) >= 11 is 1.15. The molecule has 0 fully saturated rings. The maximum atomic E-state index is 11.3. The second kappa shape index (κ2) is 7.06. The van der Waals surface area contributed by atoms with Crippen LogP contribution in [-0.4, -0.2) is 28.8 Å². The number of ether oxygens (including phenoxy) is 1. The fourth-order valence-corrected chi connectivity index (χ4v) is 2.90. The lowest BCUT2D eigenvalue weighted by atomic mass is 10.2. The highest BCUT2D eigenvalue weighted by atomic mass is 32.2. The van der Waals surface area contributed by atoms with Gasteiger partial charge in [0.05, 0.1) is 17.7 Å². The van der Waals surface area contributed by atoms with Crippen molar-refractivity contribution in [1.29, 1.82) is 0 Å². The molecule has 0 saturated heterocycles. The zero-order valence-corrected chi connectivity index (χ0v) is 13.1. The molecular weight excluding hydrogens is 318 g/mol. The number of hydrogen-bond acceptors (Lipinski definition) is 5. The molecule has 0 spiro atoms. The molecule has 0 atom stereocenters. The predicted octanol–water partition coefficient (Wildman–Crippen LogP) is 3.22. The monoisotopic (exact) mass is 333 g/mol. The molecule has 0 amide bonds. The number of aromatic carboxylic acids is 2. The summed E-state index contributed by atoms with van der Waals surface area (Å²) in [4.78, 5) is 23.3. The molecule has 0 saturated carbocycles. The molecular formula is C16H15NO5S. The van der Waals surface area contributed by atoms with Gasteiger partial charge in [-0.25, -0.2) is 9.59 Å². The van der Waals surface area contributed by atoms with Crippen LogP contribution in [0.5, 0.6) is 5.75 Å². The predicted molar refractivity (Wildman–Crippen MR) is 86.5 cm³/mol. The van der Waals surface area contributed by atoms with Gasteiger partial charge < -0.3 is 20.7 Å². The van der Waals surface area contributed by atoms with E-state index in [1.54, 1.807) is 18.2 Å². The van der Waals surface area contributed by atoms with Gasteiger partial charge in [0.2, 0.25) is 0 Å². The summed E-state index contributed by atoms with van der Waals surface area (Å²) in [5, 5.41) is 18.2. The molecule has 6 nitrogen and oxygen atoms in total. The van der Waals surface area contributed by atoms with Crippen molar-refractivity contribution in [1.82, 2.24) is 0 Å². The zero-order valence-electron chi connectivity index (χ0n) is 12.3. The van der Waals surface area contributed by atoms with Gasteiger partial charge in [-0.3, -0.25) is 0 Å². The Labute approximate surface area is 136 Å². The van der Waals surface area contributed by atoms with Gasteiger partial charge in [-0.1, -0.05) is 11.8 Å². The molecule has 2 rings (SSSR count). The van der Waals surface area contributed by atoms with Crippen LogP contribution < -0.4 is 10.5 Å². The van der Waals surface area contributed by atoms with Crippen LogP contribution in [0.2, 0.25) is 0 Å². The first-order chi connectivity index (χ1) is 10.9. The smallest absolute Gasteiger partial charge is 0.336 e. The number of carboxylic acids is 2. The molecule has 0 unspecified atom stereocenters. The van der Waals surface area contributed by atoms with Crippen LogP contribution in [0.4, 0.5) is 5.69 Å². The summed E-state index contributed by atoms with van der Waals surface area (Å²) in [6.07, 6.45) is 0. The maximum Gasteiger partial charge on any atom is 0.336 e. The molecule has 0 aliphatic carbocycles. The Hall–Kier alpha value is -2.67. The molecule has 120 valence electrons. The SMILES string of the molecule is CCOc1ccc(C(=O)O)c(Sc2ccc(C(=O)O)cc2N)c1. The van der Waals surface area contributed by atoms with E-state index in [9.17, 15) is 14.7 Å².